The average molecular weight is 337 g/mol. The molecule has 1 rings (SSSR count). The van der Waals surface area contributed by atoms with Crippen molar-refractivity contribution in [2.45, 2.75) is 12.5 Å². The van der Waals surface area contributed by atoms with Crippen LogP contribution in [0.4, 0.5) is 0 Å². The third kappa shape index (κ3) is 3.59. The lowest BCUT2D eigenvalue weighted by Gasteiger charge is -2.10. The van der Waals surface area contributed by atoms with Crippen LogP contribution < -0.4 is 5.73 Å². The van der Waals surface area contributed by atoms with Crippen molar-refractivity contribution in [1.29, 1.82) is 0 Å². The minimum absolute atomic E-state index is 0.401. The second-order valence-corrected chi connectivity index (χ2v) is 4.84. The summed E-state index contributed by atoms with van der Waals surface area (Å²) in [6.07, 6.45) is 0.451. The molecule has 0 fully saturated rings. The fourth-order valence-corrected chi connectivity index (χ4v) is 1.99. The fraction of sp³-hybridized carbons (Fsp3) is 0.300. The quantitative estimate of drug-likeness (QED) is 0.861. The molecule has 0 amide bonds. The van der Waals surface area contributed by atoms with E-state index in [1.165, 1.54) is 7.11 Å². The van der Waals surface area contributed by atoms with E-state index < -0.39 is 12.0 Å². The van der Waals surface area contributed by atoms with E-state index >= 15 is 0 Å². The Labute approximate surface area is 105 Å². The van der Waals surface area contributed by atoms with Crippen LogP contribution in [0.2, 0.25) is 0 Å². The number of hydrogen-bond acceptors (Lipinski definition) is 3. The zero-order valence-corrected chi connectivity index (χ0v) is 11.3. The van der Waals surface area contributed by atoms with Crippen LogP contribution in [0, 0.1) is 0 Å². The van der Waals surface area contributed by atoms with Crippen molar-refractivity contribution in [2.24, 2.45) is 5.73 Å². The van der Waals surface area contributed by atoms with Crippen LogP contribution in [0.3, 0.4) is 0 Å². The van der Waals surface area contributed by atoms with E-state index in [0.717, 1.165) is 14.5 Å². The number of esters is 1. The third-order valence-corrected chi connectivity index (χ3v) is 3.22. The van der Waals surface area contributed by atoms with Crippen molar-refractivity contribution in [2.75, 3.05) is 7.11 Å². The van der Waals surface area contributed by atoms with Crippen molar-refractivity contribution in [3.05, 3.63) is 32.7 Å². The first-order valence-corrected chi connectivity index (χ1v) is 5.90. The van der Waals surface area contributed by atoms with Gasteiger partial charge in [-0.3, -0.25) is 4.79 Å². The van der Waals surface area contributed by atoms with Gasteiger partial charge in [0.2, 0.25) is 0 Å². The molecule has 0 spiro atoms. The van der Waals surface area contributed by atoms with Crippen molar-refractivity contribution < 1.29 is 9.53 Å². The lowest BCUT2D eigenvalue weighted by molar-refractivity contribution is -0.142. The topological polar surface area (TPSA) is 52.3 Å². The number of benzene rings is 1. The Kier molecular flexibility index (Phi) is 4.76. The van der Waals surface area contributed by atoms with Gasteiger partial charge in [-0.25, -0.2) is 0 Å². The molecule has 0 heterocycles. The summed E-state index contributed by atoms with van der Waals surface area (Å²) in [7, 11) is 1.33. The van der Waals surface area contributed by atoms with Crippen LogP contribution in [-0.4, -0.2) is 19.1 Å². The Morgan fingerprint density at radius 2 is 2.20 bits per heavy atom. The van der Waals surface area contributed by atoms with Gasteiger partial charge in [0.15, 0.2) is 0 Å². The maximum Gasteiger partial charge on any atom is 0.322 e. The van der Waals surface area contributed by atoms with E-state index in [9.17, 15) is 4.79 Å². The van der Waals surface area contributed by atoms with Crippen LogP contribution in [0.25, 0.3) is 0 Å². The maximum absolute atomic E-state index is 11.1. The van der Waals surface area contributed by atoms with Gasteiger partial charge in [0.25, 0.3) is 0 Å². The van der Waals surface area contributed by atoms with Gasteiger partial charge >= 0.3 is 5.97 Å². The van der Waals surface area contributed by atoms with E-state index in [-0.39, 0.29) is 0 Å². The molecule has 1 unspecified atom stereocenters. The van der Waals surface area contributed by atoms with Crippen molar-refractivity contribution in [1.82, 2.24) is 0 Å². The molecule has 1 aromatic carbocycles. The maximum atomic E-state index is 11.1. The van der Waals surface area contributed by atoms with Crippen molar-refractivity contribution in [3.63, 3.8) is 0 Å². The highest BCUT2D eigenvalue weighted by molar-refractivity contribution is 9.11. The number of halogens is 2. The largest absolute Gasteiger partial charge is 0.468 e. The summed E-state index contributed by atoms with van der Waals surface area (Å²) in [4.78, 5) is 11.1. The molecule has 0 bridgehead atoms. The van der Waals surface area contributed by atoms with E-state index in [4.69, 9.17) is 5.73 Å². The lowest BCUT2D eigenvalue weighted by Crippen LogP contribution is -2.33. The van der Waals surface area contributed by atoms with Gasteiger partial charge in [-0.1, -0.05) is 31.9 Å². The Balaban J connectivity index is 2.80. The molecule has 2 N–H and O–H groups in total. The monoisotopic (exact) mass is 335 g/mol. The van der Waals surface area contributed by atoms with Gasteiger partial charge in [-0.05, 0) is 30.2 Å². The number of methoxy groups -OCH3 is 1. The summed E-state index contributed by atoms with van der Waals surface area (Å²) < 4.78 is 6.45. The fourth-order valence-electron chi connectivity index (χ4n) is 1.17. The van der Waals surface area contributed by atoms with E-state index in [2.05, 4.69) is 36.6 Å². The first-order chi connectivity index (χ1) is 7.04. The molecule has 0 aromatic heterocycles. The summed E-state index contributed by atoms with van der Waals surface area (Å²) in [5, 5.41) is 0. The van der Waals surface area contributed by atoms with Crippen LogP contribution in [0.15, 0.2) is 27.1 Å². The summed E-state index contributed by atoms with van der Waals surface area (Å²) in [5.41, 5.74) is 6.64. The molecule has 1 atom stereocenters. The number of rotatable bonds is 3. The lowest BCUT2D eigenvalue weighted by atomic mass is 10.1. The van der Waals surface area contributed by atoms with Crippen LogP contribution in [-0.2, 0) is 16.0 Å². The molecule has 5 heteroatoms. The van der Waals surface area contributed by atoms with Gasteiger partial charge in [-0.15, -0.1) is 0 Å². The third-order valence-electron chi connectivity index (χ3n) is 1.95. The summed E-state index contributed by atoms with van der Waals surface area (Å²) in [5.74, 6) is -0.401. The van der Waals surface area contributed by atoms with E-state index in [1.807, 2.05) is 18.2 Å². The zero-order chi connectivity index (χ0) is 11.4. The highest BCUT2D eigenvalue weighted by atomic mass is 79.9. The standard InChI is InChI=1S/C10H11Br2NO2/c1-15-10(14)9(13)5-6-4-7(11)2-3-8(6)12/h2-4,9H,5,13H2,1H3. The second kappa shape index (κ2) is 5.63. The van der Waals surface area contributed by atoms with Crippen LogP contribution in [0.5, 0.6) is 0 Å². The molecular weight excluding hydrogens is 326 g/mol. The molecule has 0 radical (unpaired) electrons. The second-order valence-electron chi connectivity index (χ2n) is 3.07. The summed E-state index contributed by atoms with van der Waals surface area (Å²) >= 11 is 6.76. The van der Waals surface area contributed by atoms with E-state index in [1.54, 1.807) is 0 Å². The molecular formula is C10H11Br2NO2. The molecule has 1 aromatic rings. The van der Waals surface area contributed by atoms with Gasteiger partial charge in [0.05, 0.1) is 7.11 Å². The number of ether oxygens (including phenoxy) is 1. The molecule has 0 aliphatic heterocycles. The minimum atomic E-state index is -0.624. The molecule has 15 heavy (non-hydrogen) atoms. The smallest absolute Gasteiger partial charge is 0.322 e. The Morgan fingerprint density at radius 1 is 1.53 bits per heavy atom. The van der Waals surface area contributed by atoms with Crippen molar-refractivity contribution in [3.8, 4) is 0 Å². The molecule has 3 nitrogen and oxygen atoms in total. The van der Waals surface area contributed by atoms with Gasteiger partial charge in [0, 0.05) is 8.95 Å². The average Bonchev–Trinajstić information content (AvgIpc) is 2.22. The molecule has 0 saturated carbocycles. The van der Waals surface area contributed by atoms with E-state index in [0.29, 0.717) is 6.42 Å². The Hall–Kier alpha value is -0.390. The number of nitrogens with two attached hydrogens (primary N) is 1. The number of carbonyl (C=O) groups excluding carboxylic acids is 1. The van der Waals surface area contributed by atoms with Gasteiger partial charge in [0.1, 0.15) is 6.04 Å². The van der Waals surface area contributed by atoms with Gasteiger partial charge < -0.3 is 10.5 Å². The predicted molar refractivity (Wildman–Crippen MR) is 65.5 cm³/mol. The number of carbonyl (C=O) groups is 1. The van der Waals surface area contributed by atoms with Gasteiger partial charge in [-0.2, -0.15) is 0 Å². The minimum Gasteiger partial charge on any atom is -0.468 e. The number of hydrogen-bond donors (Lipinski definition) is 1. The normalized spacial score (nSPS) is 12.3. The SMILES string of the molecule is COC(=O)C(N)Cc1cc(Br)ccc1Br. The Bertz CT molecular complexity index is 368. The molecule has 0 aliphatic rings. The first kappa shape index (κ1) is 12.7. The summed E-state index contributed by atoms with van der Waals surface area (Å²) in [6, 6.07) is 5.12. The van der Waals surface area contributed by atoms with Crippen molar-refractivity contribution >= 4 is 37.8 Å². The zero-order valence-electron chi connectivity index (χ0n) is 8.17. The van der Waals surface area contributed by atoms with Crippen LogP contribution >= 0.6 is 31.9 Å². The Morgan fingerprint density at radius 3 is 2.80 bits per heavy atom. The molecule has 0 saturated heterocycles. The highest BCUT2D eigenvalue weighted by Gasteiger charge is 2.15. The highest BCUT2D eigenvalue weighted by Crippen LogP contribution is 2.22. The molecule has 0 aliphatic carbocycles. The predicted octanol–water partition coefficient (Wildman–Crippen LogP) is 2.25. The first-order valence-electron chi connectivity index (χ1n) is 4.32. The van der Waals surface area contributed by atoms with Crippen LogP contribution in [0.1, 0.15) is 5.56 Å². The summed E-state index contributed by atoms with van der Waals surface area (Å²) in [6.45, 7) is 0. The molecule has 82 valence electrons.